The van der Waals surface area contributed by atoms with Gasteiger partial charge in [-0.3, -0.25) is 9.59 Å². The number of phenolic OH excluding ortho intramolecular Hbond substituents is 2. The summed E-state index contributed by atoms with van der Waals surface area (Å²) in [6.07, 6.45) is 0.799. The molecule has 1 saturated heterocycles. The van der Waals surface area contributed by atoms with E-state index in [2.05, 4.69) is 0 Å². The van der Waals surface area contributed by atoms with Gasteiger partial charge in [0.1, 0.15) is 17.1 Å². The molecule has 4 heterocycles. The minimum absolute atomic E-state index is 0.0118. The molecule has 0 saturated carbocycles. The summed E-state index contributed by atoms with van der Waals surface area (Å²) >= 11 is 0. The van der Waals surface area contributed by atoms with Gasteiger partial charge in [0.2, 0.25) is 5.91 Å². The number of aryl methyl sites for hydroxylation is 1. The third-order valence-corrected chi connectivity index (χ3v) is 6.50. The predicted molar refractivity (Wildman–Crippen MR) is 112 cm³/mol. The summed E-state index contributed by atoms with van der Waals surface area (Å²) in [6.45, 7) is 3.28. The molecule has 2 aliphatic rings. The van der Waals surface area contributed by atoms with Gasteiger partial charge in [0.25, 0.3) is 5.56 Å². The molecule has 2 bridgehead atoms. The molecule has 2 aliphatic heterocycles. The molecule has 1 fully saturated rings. The van der Waals surface area contributed by atoms with Crippen LogP contribution in [0, 0.1) is 12.8 Å². The monoisotopic (exact) mass is 422 g/mol. The average molecular weight is 422 g/mol. The van der Waals surface area contributed by atoms with E-state index in [4.69, 9.17) is 4.42 Å². The Bertz CT molecular complexity index is 1340. The first-order chi connectivity index (χ1) is 14.8. The summed E-state index contributed by atoms with van der Waals surface area (Å²) in [6, 6.07) is 7.69. The topological polar surface area (TPSA) is 113 Å². The van der Waals surface area contributed by atoms with E-state index in [0.717, 1.165) is 12.1 Å². The summed E-state index contributed by atoms with van der Waals surface area (Å²) in [5.74, 6) is -0.326. The van der Waals surface area contributed by atoms with Crippen molar-refractivity contribution in [2.24, 2.45) is 5.92 Å². The molecular weight excluding hydrogens is 400 g/mol. The molecule has 8 heteroatoms. The van der Waals surface area contributed by atoms with E-state index in [0.29, 0.717) is 30.6 Å². The number of likely N-dealkylation sites (tertiary alicyclic amines) is 1. The van der Waals surface area contributed by atoms with E-state index in [-0.39, 0.29) is 52.4 Å². The number of benzene rings is 1. The third kappa shape index (κ3) is 3.19. The average Bonchev–Trinajstić information content (AvgIpc) is 2.71. The smallest absolute Gasteiger partial charge is 0.340 e. The summed E-state index contributed by atoms with van der Waals surface area (Å²) in [5, 5.41) is 20.2. The number of nitrogens with zero attached hydrogens (tertiary/aromatic N) is 2. The van der Waals surface area contributed by atoms with Crippen LogP contribution in [0.15, 0.2) is 44.3 Å². The van der Waals surface area contributed by atoms with Crippen LogP contribution in [0.4, 0.5) is 0 Å². The van der Waals surface area contributed by atoms with Gasteiger partial charge in [-0.05, 0) is 30.9 Å². The number of piperidine rings is 1. The number of pyridine rings is 1. The van der Waals surface area contributed by atoms with E-state index >= 15 is 0 Å². The van der Waals surface area contributed by atoms with Crippen molar-refractivity contribution in [1.29, 1.82) is 0 Å². The first-order valence-electron chi connectivity index (χ1n) is 10.3. The number of aromatic hydroxyl groups is 2. The van der Waals surface area contributed by atoms with Gasteiger partial charge >= 0.3 is 5.63 Å². The first kappa shape index (κ1) is 19.4. The molecule has 1 amide bonds. The Morgan fingerprint density at radius 1 is 1.16 bits per heavy atom. The molecule has 160 valence electrons. The number of carbonyl (C=O) groups is 1. The SMILES string of the molecule is Cc1c(CC(=O)N2C[C@@H]3C[C@@H](C2)c2cccc(=O)n2C3)c(=O)oc2cc(O)cc(O)c12. The van der Waals surface area contributed by atoms with Gasteiger partial charge < -0.3 is 24.1 Å². The van der Waals surface area contributed by atoms with Gasteiger partial charge in [0.05, 0.1) is 17.4 Å². The molecule has 0 radical (unpaired) electrons. The van der Waals surface area contributed by atoms with E-state index < -0.39 is 5.63 Å². The van der Waals surface area contributed by atoms with Crippen LogP contribution in [0.3, 0.4) is 0 Å². The largest absolute Gasteiger partial charge is 0.508 e. The van der Waals surface area contributed by atoms with Gasteiger partial charge in [0.15, 0.2) is 0 Å². The normalized spacial score (nSPS) is 20.0. The van der Waals surface area contributed by atoms with Crippen molar-refractivity contribution >= 4 is 16.9 Å². The standard InChI is InChI=1S/C23H22N2O6/c1-12-16(23(30)31-19-7-15(26)6-18(27)22(12)19)8-21(29)24-9-13-5-14(11-24)17-3-2-4-20(28)25(17)10-13/h2-4,6-7,13-14,26-27H,5,8-11H2,1H3/t13-,14-/m0/s1. The van der Waals surface area contributed by atoms with Crippen molar-refractivity contribution in [2.45, 2.75) is 32.2 Å². The van der Waals surface area contributed by atoms with Crippen LogP contribution in [0.25, 0.3) is 11.0 Å². The minimum Gasteiger partial charge on any atom is -0.508 e. The molecule has 3 aromatic rings. The highest BCUT2D eigenvalue weighted by atomic mass is 16.4. The Kier molecular flexibility index (Phi) is 4.39. The van der Waals surface area contributed by atoms with E-state index in [1.807, 2.05) is 6.07 Å². The van der Waals surface area contributed by atoms with Crippen LogP contribution in [-0.4, -0.2) is 38.7 Å². The Morgan fingerprint density at radius 2 is 1.97 bits per heavy atom. The molecule has 2 atom stereocenters. The minimum atomic E-state index is -0.655. The quantitative estimate of drug-likeness (QED) is 0.610. The molecule has 5 rings (SSSR count). The van der Waals surface area contributed by atoms with E-state index in [1.54, 1.807) is 28.5 Å². The number of amides is 1. The number of fused-ring (bicyclic) bond motifs is 5. The van der Waals surface area contributed by atoms with Crippen molar-refractivity contribution in [3.05, 3.63) is 67.9 Å². The number of hydrogen-bond donors (Lipinski definition) is 2. The Balaban J connectivity index is 1.45. The van der Waals surface area contributed by atoms with Crippen molar-refractivity contribution in [2.75, 3.05) is 13.1 Å². The lowest BCUT2D eigenvalue weighted by atomic mass is 9.83. The second kappa shape index (κ2) is 7.01. The fourth-order valence-electron chi connectivity index (χ4n) is 5.08. The van der Waals surface area contributed by atoms with Gasteiger partial charge in [0, 0.05) is 49.4 Å². The zero-order valence-electron chi connectivity index (χ0n) is 17.0. The molecule has 31 heavy (non-hydrogen) atoms. The van der Waals surface area contributed by atoms with Crippen LogP contribution in [-0.2, 0) is 17.8 Å². The zero-order chi connectivity index (χ0) is 21.9. The lowest BCUT2D eigenvalue weighted by Crippen LogP contribution is -2.49. The van der Waals surface area contributed by atoms with Crippen LogP contribution in [0.5, 0.6) is 11.5 Å². The Labute approximate surface area is 177 Å². The first-order valence-corrected chi connectivity index (χ1v) is 10.3. The molecule has 0 aliphatic carbocycles. The summed E-state index contributed by atoms with van der Waals surface area (Å²) in [7, 11) is 0. The summed E-state index contributed by atoms with van der Waals surface area (Å²) in [4.78, 5) is 39.6. The fraction of sp³-hybridized carbons (Fsp3) is 0.348. The molecule has 8 nitrogen and oxygen atoms in total. The predicted octanol–water partition coefficient (Wildman–Crippen LogP) is 1.86. The molecule has 2 aromatic heterocycles. The molecular formula is C23H22N2O6. The summed E-state index contributed by atoms with van der Waals surface area (Å²) < 4.78 is 7.08. The fourth-order valence-corrected chi connectivity index (χ4v) is 5.08. The second-order valence-corrected chi connectivity index (χ2v) is 8.50. The van der Waals surface area contributed by atoms with E-state index in [9.17, 15) is 24.6 Å². The number of phenols is 2. The number of carbonyl (C=O) groups excluding carboxylic acids is 1. The van der Waals surface area contributed by atoms with Crippen LogP contribution in [0.2, 0.25) is 0 Å². The number of hydrogen-bond acceptors (Lipinski definition) is 6. The molecule has 0 unspecified atom stereocenters. The zero-order valence-corrected chi connectivity index (χ0v) is 17.0. The van der Waals surface area contributed by atoms with Crippen LogP contribution < -0.4 is 11.2 Å². The maximum absolute atomic E-state index is 13.1. The van der Waals surface area contributed by atoms with E-state index in [1.165, 1.54) is 12.1 Å². The highest BCUT2D eigenvalue weighted by Gasteiger charge is 2.36. The van der Waals surface area contributed by atoms with Crippen molar-refractivity contribution in [3.63, 3.8) is 0 Å². The van der Waals surface area contributed by atoms with Crippen molar-refractivity contribution < 1.29 is 19.4 Å². The van der Waals surface area contributed by atoms with Gasteiger partial charge in [-0.2, -0.15) is 0 Å². The second-order valence-electron chi connectivity index (χ2n) is 8.50. The summed E-state index contributed by atoms with van der Waals surface area (Å²) in [5.41, 5.74) is 1.02. The lowest BCUT2D eigenvalue weighted by molar-refractivity contribution is -0.133. The van der Waals surface area contributed by atoms with Gasteiger partial charge in [-0.25, -0.2) is 4.79 Å². The third-order valence-electron chi connectivity index (χ3n) is 6.50. The Hall–Kier alpha value is -3.55. The highest BCUT2D eigenvalue weighted by molar-refractivity contribution is 5.90. The van der Waals surface area contributed by atoms with Crippen molar-refractivity contribution in [1.82, 2.24) is 9.47 Å². The maximum Gasteiger partial charge on any atom is 0.340 e. The van der Waals surface area contributed by atoms with Gasteiger partial charge in [-0.1, -0.05) is 6.07 Å². The van der Waals surface area contributed by atoms with Gasteiger partial charge in [-0.15, -0.1) is 0 Å². The number of aromatic nitrogens is 1. The number of rotatable bonds is 2. The Morgan fingerprint density at radius 3 is 2.77 bits per heavy atom. The molecule has 1 aromatic carbocycles. The van der Waals surface area contributed by atoms with Crippen LogP contribution in [0.1, 0.15) is 29.2 Å². The molecule has 2 N–H and O–H groups in total. The lowest BCUT2D eigenvalue weighted by Gasteiger charge is -2.42. The maximum atomic E-state index is 13.1. The molecule has 0 spiro atoms. The van der Waals surface area contributed by atoms with Crippen molar-refractivity contribution in [3.8, 4) is 11.5 Å². The van der Waals surface area contributed by atoms with Crippen LogP contribution >= 0.6 is 0 Å². The highest BCUT2D eigenvalue weighted by Crippen LogP contribution is 2.36.